The molecule has 5 fully saturated rings. The molecule has 4 saturated carbocycles. The van der Waals surface area contributed by atoms with Crippen LogP contribution in [0, 0.1) is 42.9 Å². The Hall–Kier alpha value is -0.940. The topological polar surface area (TPSA) is 43.6 Å². The van der Waals surface area contributed by atoms with Gasteiger partial charge in [-0.2, -0.15) is 4.99 Å². The summed E-state index contributed by atoms with van der Waals surface area (Å²) in [6, 6.07) is 0. The first-order valence-corrected chi connectivity index (χ1v) is 11.7. The average molecular weight is 389 g/mol. The molecule has 0 N–H and O–H groups in total. The highest BCUT2D eigenvalue weighted by Gasteiger charge is 2.54. The molecular formula is C22H32N2O2S. The summed E-state index contributed by atoms with van der Waals surface area (Å²) in [6.07, 6.45) is 9.64. The molecule has 0 atom stereocenters. The summed E-state index contributed by atoms with van der Waals surface area (Å²) in [7, 11) is 0. The van der Waals surface area contributed by atoms with Crippen molar-refractivity contribution in [3.63, 3.8) is 0 Å². The molecule has 1 amide bonds. The van der Waals surface area contributed by atoms with Crippen molar-refractivity contribution >= 4 is 17.2 Å². The summed E-state index contributed by atoms with van der Waals surface area (Å²) >= 11 is 1.71. The van der Waals surface area contributed by atoms with E-state index in [0.29, 0.717) is 5.92 Å². The number of aromatic nitrogens is 1. The van der Waals surface area contributed by atoms with Crippen LogP contribution in [0.15, 0.2) is 4.99 Å². The Bertz CT molecular complexity index is 764. The van der Waals surface area contributed by atoms with E-state index >= 15 is 0 Å². The molecule has 0 spiro atoms. The fraction of sp³-hybridized carbons (Fsp3) is 0.818. The van der Waals surface area contributed by atoms with E-state index in [1.165, 1.54) is 29.8 Å². The number of carbonyl (C=O) groups is 1. The first-order valence-electron chi connectivity index (χ1n) is 10.9. The quantitative estimate of drug-likeness (QED) is 0.777. The minimum atomic E-state index is -0.128. The van der Waals surface area contributed by atoms with Gasteiger partial charge in [-0.05, 0) is 88.9 Å². The fourth-order valence-electron chi connectivity index (χ4n) is 6.66. The number of thiazole rings is 1. The number of rotatable bonds is 3. The first kappa shape index (κ1) is 18.1. The zero-order chi connectivity index (χ0) is 18.6. The molecule has 5 aliphatic rings. The predicted octanol–water partition coefficient (Wildman–Crippen LogP) is 4.24. The van der Waals surface area contributed by atoms with Gasteiger partial charge < -0.3 is 9.30 Å². The molecule has 6 rings (SSSR count). The maximum absolute atomic E-state index is 13.4. The molecule has 1 aliphatic heterocycles. The van der Waals surface area contributed by atoms with Crippen LogP contribution in [0.2, 0.25) is 0 Å². The maximum Gasteiger partial charge on any atom is 0.254 e. The predicted molar refractivity (Wildman–Crippen MR) is 107 cm³/mol. The molecule has 0 unspecified atom stereocenters. The van der Waals surface area contributed by atoms with Crippen molar-refractivity contribution in [2.24, 2.45) is 34.1 Å². The average Bonchev–Trinajstić information content (AvgIpc) is 2.89. The van der Waals surface area contributed by atoms with Crippen molar-refractivity contribution < 1.29 is 9.53 Å². The lowest BCUT2D eigenvalue weighted by molar-refractivity contribution is -0.142. The molecule has 0 radical (unpaired) electrons. The molecule has 1 aromatic heterocycles. The largest absolute Gasteiger partial charge is 0.381 e. The Morgan fingerprint density at radius 1 is 1.11 bits per heavy atom. The normalized spacial score (nSPS) is 36.5. The number of hydrogen-bond donors (Lipinski definition) is 0. The van der Waals surface area contributed by atoms with Crippen molar-refractivity contribution in [2.45, 2.75) is 71.8 Å². The number of carbonyl (C=O) groups excluding carboxylic acids is 1. The van der Waals surface area contributed by atoms with Crippen LogP contribution in [0.3, 0.4) is 0 Å². The third kappa shape index (κ3) is 3.25. The Morgan fingerprint density at radius 3 is 2.30 bits per heavy atom. The van der Waals surface area contributed by atoms with E-state index in [4.69, 9.17) is 9.73 Å². The highest BCUT2D eigenvalue weighted by Crippen LogP contribution is 2.60. The van der Waals surface area contributed by atoms with Crippen LogP contribution in [0.5, 0.6) is 0 Å². The van der Waals surface area contributed by atoms with Gasteiger partial charge in [-0.1, -0.05) is 0 Å². The lowest BCUT2D eigenvalue weighted by Gasteiger charge is -2.55. The van der Waals surface area contributed by atoms with Crippen molar-refractivity contribution in [1.29, 1.82) is 0 Å². The summed E-state index contributed by atoms with van der Waals surface area (Å²) in [6.45, 7) is 7.05. The van der Waals surface area contributed by atoms with Crippen molar-refractivity contribution in [1.82, 2.24) is 4.57 Å². The summed E-state index contributed by atoms with van der Waals surface area (Å²) < 4.78 is 7.85. The Balaban J connectivity index is 1.44. The van der Waals surface area contributed by atoms with Gasteiger partial charge >= 0.3 is 0 Å². The minimum absolute atomic E-state index is 0.128. The molecule has 1 aromatic rings. The van der Waals surface area contributed by atoms with Crippen LogP contribution in [-0.2, 0) is 16.1 Å². The Labute approximate surface area is 166 Å². The molecule has 4 aliphatic carbocycles. The SMILES string of the molecule is Cc1s/c(=N\C(=O)C23CC4CC(CC(C4)C2)C3)n(CC2CCOCC2)c1C. The fourth-order valence-corrected chi connectivity index (χ4v) is 7.64. The van der Waals surface area contributed by atoms with Gasteiger partial charge in [0.1, 0.15) is 0 Å². The summed E-state index contributed by atoms with van der Waals surface area (Å²) in [5, 5.41) is 0. The van der Waals surface area contributed by atoms with Crippen LogP contribution in [0.4, 0.5) is 0 Å². The number of amides is 1. The molecule has 5 heteroatoms. The summed E-state index contributed by atoms with van der Waals surface area (Å²) in [5.41, 5.74) is 1.15. The number of aryl methyl sites for hydroxylation is 1. The first-order chi connectivity index (χ1) is 13.0. The third-order valence-electron chi connectivity index (χ3n) is 7.86. The van der Waals surface area contributed by atoms with Gasteiger partial charge in [0.2, 0.25) is 0 Å². The molecule has 148 valence electrons. The molecule has 27 heavy (non-hydrogen) atoms. The van der Waals surface area contributed by atoms with E-state index in [1.807, 2.05) is 0 Å². The highest BCUT2D eigenvalue weighted by atomic mass is 32.1. The van der Waals surface area contributed by atoms with Crippen LogP contribution >= 0.6 is 11.3 Å². The lowest BCUT2D eigenvalue weighted by atomic mass is 9.49. The number of nitrogens with zero attached hydrogens (tertiary/aromatic N) is 2. The molecular weight excluding hydrogens is 356 g/mol. The maximum atomic E-state index is 13.4. The minimum Gasteiger partial charge on any atom is -0.381 e. The van der Waals surface area contributed by atoms with Crippen LogP contribution in [-0.4, -0.2) is 23.7 Å². The molecule has 1 saturated heterocycles. The van der Waals surface area contributed by atoms with Gasteiger partial charge in [0.15, 0.2) is 4.80 Å². The lowest BCUT2D eigenvalue weighted by Crippen LogP contribution is -2.50. The molecule has 4 bridgehead atoms. The van der Waals surface area contributed by atoms with Gasteiger partial charge in [-0.15, -0.1) is 11.3 Å². The Morgan fingerprint density at radius 2 is 1.70 bits per heavy atom. The number of hydrogen-bond acceptors (Lipinski definition) is 3. The zero-order valence-electron chi connectivity index (χ0n) is 16.7. The second-order valence-electron chi connectivity index (χ2n) is 9.81. The van der Waals surface area contributed by atoms with Gasteiger partial charge in [0, 0.05) is 30.3 Å². The van der Waals surface area contributed by atoms with E-state index in [2.05, 4.69) is 18.4 Å². The third-order valence-corrected chi connectivity index (χ3v) is 8.96. The van der Waals surface area contributed by atoms with E-state index in [1.54, 1.807) is 11.3 Å². The van der Waals surface area contributed by atoms with Crippen molar-refractivity contribution in [3.8, 4) is 0 Å². The van der Waals surface area contributed by atoms with Crippen LogP contribution in [0.25, 0.3) is 0 Å². The smallest absolute Gasteiger partial charge is 0.254 e. The van der Waals surface area contributed by atoms with Crippen molar-refractivity contribution in [3.05, 3.63) is 15.4 Å². The molecule has 2 heterocycles. The van der Waals surface area contributed by atoms with E-state index in [-0.39, 0.29) is 11.3 Å². The highest BCUT2D eigenvalue weighted by molar-refractivity contribution is 7.09. The molecule has 0 aromatic carbocycles. The Kier molecular flexibility index (Phi) is 4.59. The monoisotopic (exact) mass is 388 g/mol. The van der Waals surface area contributed by atoms with E-state index < -0.39 is 0 Å². The standard InChI is InChI=1S/C22H32N2O2S/c1-14-15(2)27-21(24(14)13-16-3-5-26-6-4-16)23-20(25)22-10-17-7-18(11-22)9-19(8-17)12-22/h16-19H,3-13H2,1-2H3/b23-21-. The van der Waals surface area contributed by atoms with Crippen molar-refractivity contribution in [2.75, 3.05) is 13.2 Å². The van der Waals surface area contributed by atoms with Crippen LogP contribution in [0.1, 0.15) is 61.9 Å². The van der Waals surface area contributed by atoms with Crippen LogP contribution < -0.4 is 4.80 Å². The van der Waals surface area contributed by atoms with Gasteiger partial charge in [0.25, 0.3) is 5.91 Å². The summed E-state index contributed by atoms with van der Waals surface area (Å²) in [4.78, 5) is 20.5. The molecule has 4 nitrogen and oxygen atoms in total. The van der Waals surface area contributed by atoms with Gasteiger partial charge in [-0.3, -0.25) is 4.79 Å². The van der Waals surface area contributed by atoms with E-state index in [9.17, 15) is 4.79 Å². The van der Waals surface area contributed by atoms with Gasteiger partial charge in [-0.25, -0.2) is 0 Å². The number of ether oxygens (including phenoxy) is 1. The second-order valence-corrected chi connectivity index (χ2v) is 11.0. The summed E-state index contributed by atoms with van der Waals surface area (Å²) in [5.74, 6) is 3.20. The van der Waals surface area contributed by atoms with E-state index in [0.717, 1.165) is 74.4 Å². The zero-order valence-corrected chi connectivity index (χ0v) is 17.5. The second kappa shape index (κ2) is 6.84. The van der Waals surface area contributed by atoms with Gasteiger partial charge in [0.05, 0.1) is 5.41 Å².